The fourth-order valence-corrected chi connectivity index (χ4v) is 2.95. The van der Waals surface area contributed by atoms with Crippen molar-refractivity contribution in [3.63, 3.8) is 0 Å². The molecule has 0 radical (unpaired) electrons. The summed E-state index contributed by atoms with van der Waals surface area (Å²) in [5.74, 6) is 0.384. The highest BCUT2D eigenvalue weighted by molar-refractivity contribution is 5.99. The van der Waals surface area contributed by atoms with E-state index in [9.17, 15) is 5.11 Å². The molecule has 160 valence electrons. The molecule has 0 amide bonds. The van der Waals surface area contributed by atoms with Crippen molar-refractivity contribution < 1.29 is 19.3 Å². The Bertz CT molecular complexity index is 663. The molecule has 1 unspecified atom stereocenters. The molecule has 2 heterocycles. The third-order valence-corrected chi connectivity index (χ3v) is 4.40. The molecule has 5 atom stereocenters. The van der Waals surface area contributed by atoms with Crippen molar-refractivity contribution in [2.45, 2.75) is 84.0 Å². The van der Waals surface area contributed by atoms with Crippen molar-refractivity contribution in [1.29, 1.82) is 0 Å². The van der Waals surface area contributed by atoms with Gasteiger partial charge in [0.25, 0.3) is 0 Å². The van der Waals surface area contributed by atoms with Gasteiger partial charge < -0.3 is 36.5 Å². The van der Waals surface area contributed by atoms with Crippen LogP contribution in [0.2, 0.25) is 0 Å². The van der Waals surface area contributed by atoms with Gasteiger partial charge in [-0.15, -0.1) is 0 Å². The normalized spacial score (nSPS) is 27.1. The zero-order valence-electron chi connectivity index (χ0n) is 17.3. The second-order valence-corrected chi connectivity index (χ2v) is 7.46. The van der Waals surface area contributed by atoms with Crippen molar-refractivity contribution in [3.05, 3.63) is 12.0 Å². The molecule has 1 aromatic heterocycles. The van der Waals surface area contributed by atoms with Crippen molar-refractivity contribution in [3.8, 4) is 0 Å². The smallest absolute Gasteiger partial charge is 0.165 e. The summed E-state index contributed by atoms with van der Waals surface area (Å²) in [5.41, 5.74) is 18.3. The number of aliphatic hydroxyl groups is 1. The fraction of sp³-hybridized carbons (Fsp3) is 0.778. The molecule has 2 rings (SSSR count). The van der Waals surface area contributed by atoms with Crippen LogP contribution in [-0.2, 0) is 14.2 Å². The lowest BCUT2D eigenvalue weighted by atomic mass is 10.1. The number of rotatable bonds is 9. The predicted octanol–water partition coefficient (Wildman–Crippen LogP) is 0.342. The van der Waals surface area contributed by atoms with Crippen molar-refractivity contribution in [1.82, 2.24) is 9.55 Å². The summed E-state index contributed by atoms with van der Waals surface area (Å²) in [4.78, 5) is 8.40. The number of ether oxygens (including phenoxy) is 3. The summed E-state index contributed by atoms with van der Waals surface area (Å²) in [6, 6.07) is 0. The van der Waals surface area contributed by atoms with E-state index in [1.54, 1.807) is 0 Å². The summed E-state index contributed by atoms with van der Waals surface area (Å²) in [5, 5.41) is 10.9. The molecule has 10 heteroatoms. The van der Waals surface area contributed by atoms with Gasteiger partial charge in [0.1, 0.15) is 35.7 Å². The number of anilines is 1. The van der Waals surface area contributed by atoms with E-state index in [2.05, 4.69) is 9.98 Å². The molecular formula is C18H34N6O4. The second kappa shape index (κ2) is 9.66. The molecule has 0 saturated carbocycles. The Morgan fingerprint density at radius 2 is 2.04 bits per heavy atom. The highest BCUT2D eigenvalue weighted by Crippen LogP contribution is 2.34. The molecule has 1 fully saturated rings. The number of hydrogen-bond donors (Lipinski definition) is 4. The first-order valence-corrected chi connectivity index (χ1v) is 9.67. The Morgan fingerprint density at radius 1 is 1.36 bits per heavy atom. The van der Waals surface area contributed by atoms with Crippen LogP contribution < -0.4 is 17.2 Å². The maximum atomic E-state index is 10.9. The van der Waals surface area contributed by atoms with Crippen LogP contribution >= 0.6 is 0 Å². The van der Waals surface area contributed by atoms with E-state index in [4.69, 9.17) is 31.4 Å². The predicted molar refractivity (Wildman–Crippen MR) is 107 cm³/mol. The Labute approximate surface area is 166 Å². The number of hydrogen-bond acceptors (Lipinski definition) is 8. The molecule has 1 saturated heterocycles. The van der Waals surface area contributed by atoms with E-state index in [1.807, 2.05) is 34.6 Å². The van der Waals surface area contributed by atoms with Crippen LogP contribution in [0.4, 0.5) is 5.82 Å². The van der Waals surface area contributed by atoms with E-state index in [1.165, 1.54) is 10.9 Å². The zero-order valence-corrected chi connectivity index (χ0v) is 17.3. The van der Waals surface area contributed by atoms with Crippen LogP contribution in [0, 0.1) is 0 Å². The maximum absolute atomic E-state index is 10.9. The lowest BCUT2D eigenvalue weighted by Gasteiger charge is -2.23. The zero-order chi connectivity index (χ0) is 21.0. The van der Waals surface area contributed by atoms with Crippen LogP contribution in [0.25, 0.3) is 0 Å². The molecule has 0 bridgehead atoms. The maximum Gasteiger partial charge on any atom is 0.165 e. The average molecular weight is 399 g/mol. The third kappa shape index (κ3) is 5.21. The van der Waals surface area contributed by atoms with Gasteiger partial charge >= 0.3 is 0 Å². The SMILES string of the molecule is CCC(N)N=C(N)c1ncn([C@@H]2O[C@H](COC(C)C)[C@H](OC(C)C)[C@@H]2O)c1N. The first-order valence-electron chi connectivity index (χ1n) is 9.67. The van der Waals surface area contributed by atoms with Crippen LogP contribution in [0.15, 0.2) is 11.3 Å². The molecule has 0 aromatic carbocycles. The van der Waals surface area contributed by atoms with Crippen LogP contribution in [-0.4, -0.2) is 63.8 Å². The highest BCUT2D eigenvalue weighted by atomic mass is 16.6. The summed E-state index contributed by atoms with van der Waals surface area (Å²) in [7, 11) is 0. The molecule has 1 aliphatic rings. The van der Waals surface area contributed by atoms with Crippen LogP contribution in [0.1, 0.15) is 53.0 Å². The van der Waals surface area contributed by atoms with Gasteiger partial charge in [0.05, 0.1) is 31.3 Å². The average Bonchev–Trinajstić information content (AvgIpc) is 3.13. The number of imidazole rings is 1. The van der Waals surface area contributed by atoms with Gasteiger partial charge in [0, 0.05) is 0 Å². The number of nitrogens with zero attached hydrogens (tertiary/aromatic N) is 3. The first-order chi connectivity index (χ1) is 13.1. The molecule has 0 spiro atoms. The second-order valence-electron chi connectivity index (χ2n) is 7.46. The van der Waals surface area contributed by atoms with Crippen molar-refractivity contribution in [2.75, 3.05) is 12.3 Å². The summed E-state index contributed by atoms with van der Waals surface area (Å²) >= 11 is 0. The summed E-state index contributed by atoms with van der Waals surface area (Å²) < 4.78 is 19.1. The first kappa shape index (κ1) is 22.6. The van der Waals surface area contributed by atoms with E-state index >= 15 is 0 Å². The number of aliphatic imine (C=N–C) groups is 1. The largest absolute Gasteiger partial charge is 0.386 e. The van der Waals surface area contributed by atoms with E-state index in [0.29, 0.717) is 18.7 Å². The molecule has 10 nitrogen and oxygen atoms in total. The quantitative estimate of drug-likeness (QED) is 0.343. The standard InChI is InChI=1S/C18H34N6O4/c1-6-12(19)23-16(20)13-17(21)24(8-22-13)18-14(25)15(27-10(4)5)11(28-18)7-26-9(2)3/h8-12,14-15,18,25H,6-7,19,21H2,1-5H3,(H2,20,23)/t11-,12?,14+,15+,18-/m1/s1. The molecule has 28 heavy (non-hydrogen) atoms. The minimum Gasteiger partial charge on any atom is -0.386 e. The van der Waals surface area contributed by atoms with E-state index < -0.39 is 30.7 Å². The van der Waals surface area contributed by atoms with Gasteiger partial charge in [0.2, 0.25) is 0 Å². The van der Waals surface area contributed by atoms with Crippen LogP contribution in [0.5, 0.6) is 0 Å². The van der Waals surface area contributed by atoms with Crippen LogP contribution in [0.3, 0.4) is 0 Å². The molecule has 0 aliphatic carbocycles. The minimum atomic E-state index is -0.955. The molecule has 1 aromatic rings. The fourth-order valence-electron chi connectivity index (χ4n) is 2.95. The van der Waals surface area contributed by atoms with Gasteiger partial charge in [-0.05, 0) is 34.1 Å². The Balaban J connectivity index is 2.25. The Morgan fingerprint density at radius 3 is 2.61 bits per heavy atom. The molecular weight excluding hydrogens is 364 g/mol. The summed E-state index contributed by atoms with van der Waals surface area (Å²) in [6.45, 7) is 9.87. The number of aromatic nitrogens is 2. The van der Waals surface area contributed by atoms with E-state index in [0.717, 1.165) is 0 Å². The number of nitrogen functional groups attached to an aromatic ring is 1. The summed E-state index contributed by atoms with van der Waals surface area (Å²) in [6.07, 6.45) is -1.13. The lowest BCUT2D eigenvalue weighted by molar-refractivity contribution is -0.0974. The van der Waals surface area contributed by atoms with Crippen molar-refractivity contribution in [2.24, 2.45) is 16.5 Å². The lowest BCUT2D eigenvalue weighted by Crippen LogP contribution is -2.38. The molecule has 7 N–H and O–H groups in total. The Kier molecular flexibility index (Phi) is 7.79. The van der Waals surface area contributed by atoms with Crippen molar-refractivity contribution >= 4 is 11.7 Å². The van der Waals surface area contributed by atoms with Gasteiger partial charge in [0.15, 0.2) is 6.23 Å². The number of aliphatic hydroxyl groups excluding tert-OH is 1. The van der Waals surface area contributed by atoms with Gasteiger partial charge in [-0.25, -0.2) is 9.98 Å². The number of amidine groups is 1. The Hall–Kier alpha value is -1.72. The van der Waals surface area contributed by atoms with Gasteiger partial charge in [-0.3, -0.25) is 4.57 Å². The highest BCUT2D eigenvalue weighted by Gasteiger charge is 2.46. The monoisotopic (exact) mass is 398 g/mol. The van der Waals surface area contributed by atoms with E-state index in [-0.39, 0.29) is 23.9 Å². The van der Waals surface area contributed by atoms with Gasteiger partial charge in [-0.2, -0.15) is 0 Å². The third-order valence-electron chi connectivity index (χ3n) is 4.40. The van der Waals surface area contributed by atoms with Gasteiger partial charge in [-0.1, -0.05) is 6.92 Å². The number of nitrogens with two attached hydrogens (primary N) is 3. The topological polar surface area (TPSA) is 156 Å². The molecule has 1 aliphatic heterocycles. The minimum absolute atomic E-state index is 0.0307.